The van der Waals surface area contributed by atoms with Crippen molar-refractivity contribution in [1.29, 1.82) is 0 Å². The molecule has 2 rings (SSSR count). The van der Waals surface area contributed by atoms with Gasteiger partial charge < -0.3 is 14.2 Å². The average molecular weight is 362 g/mol. The van der Waals surface area contributed by atoms with Crippen molar-refractivity contribution < 1.29 is 33.4 Å². The van der Waals surface area contributed by atoms with E-state index < -0.39 is 36.0 Å². The third kappa shape index (κ3) is 4.91. The van der Waals surface area contributed by atoms with Gasteiger partial charge in [0, 0.05) is 25.8 Å². The zero-order chi connectivity index (χ0) is 19.3. The Balaban J connectivity index is 2.39. The maximum atomic E-state index is 12.0. The second-order valence-corrected chi connectivity index (χ2v) is 6.31. The van der Waals surface area contributed by atoms with Gasteiger partial charge in [-0.1, -0.05) is 12.7 Å². The standard InChI is InChI=1S/C19H22O7/c1-11-18-16(25-13(3)22)8-15(10-24-12(2)21)6-4-5-14(9-20)7-17(18)26-19(11)23/h6-7,9,16-18H,1,4-5,8,10H2,2-3H3/b14-7+,15-6-/t16-,17+,18+/m0/s1. The van der Waals surface area contributed by atoms with Crippen LogP contribution in [0, 0.1) is 5.92 Å². The maximum absolute atomic E-state index is 12.0. The zero-order valence-corrected chi connectivity index (χ0v) is 14.9. The minimum absolute atomic E-state index is 0.0475. The Kier molecular flexibility index (Phi) is 6.49. The van der Waals surface area contributed by atoms with Gasteiger partial charge in [-0.3, -0.25) is 14.4 Å². The van der Waals surface area contributed by atoms with Crippen LogP contribution < -0.4 is 0 Å². The number of carbonyl (C=O) groups is 4. The van der Waals surface area contributed by atoms with Gasteiger partial charge in [0.1, 0.15) is 25.1 Å². The third-order valence-electron chi connectivity index (χ3n) is 4.30. The summed E-state index contributed by atoms with van der Waals surface area (Å²) in [5.41, 5.74) is 1.41. The van der Waals surface area contributed by atoms with Crippen LogP contribution in [0.25, 0.3) is 0 Å². The van der Waals surface area contributed by atoms with Gasteiger partial charge in [-0.25, -0.2) is 4.79 Å². The molecule has 0 saturated carbocycles. The lowest BCUT2D eigenvalue weighted by Gasteiger charge is -2.27. The molecular formula is C19H22O7. The van der Waals surface area contributed by atoms with Crippen molar-refractivity contribution in [2.45, 2.75) is 45.3 Å². The first-order valence-corrected chi connectivity index (χ1v) is 8.36. The van der Waals surface area contributed by atoms with Gasteiger partial charge in [0.2, 0.25) is 0 Å². The summed E-state index contributed by atoms with van der Waals surface area (Å²) < 4.78 is 15.8. The number of aldehydes is 1. The molecular weight excluding hydrogens is 340 g/mol. The predicted octanol–water partition coefficient (Wildman–Crippen LogP) is 1.81. The molecule has 26 heavy (non-hydrogen) atoms. The molecule has 7 heteroatoms. The number of hydrogen-bond donors (Lipinski definition) is 0. The normalized spacial score (nSPS) is 30.0. The number of rotatable bonds is 4. The molecule has 1 saturated heterocycles. The Morgan fingerprint density at radius 3 is 2.69 bits per heavy atom. The van der Waals surface area contributed by atoms with Crippen LogP contribution >= 0.6 is 0 Å². The lowest BCUT2D eigenvalue weighted by Crippen LogP contribution is -2.33. The lowest BCUT2D eigenvalue weighted by atomic mass is 9.85. The first-order chi connectivity index (χ1) is 12.3. The van der Waals surface area contributed by atoms with Gasteiger partial charge in [-0.05, 0) is 30.1 Å². The minimum Gasteiger partial charge on any atom is -0.461 e. The second kappa shape index (κ2) is 8.60. The van der Waals surface area contributed by atoms with Crippen molar-refractivity contribution in [3.05, 3.63) is 35.5 Å². The van der Waals surface area contributed by atoms with Crippen LogP contribution in [-0.4, -0.2) is 43.0 Å². The highest BCUT2D eigenvalue weighted by molar-refractivity contribution is 5.91. The largest absolute Gasteiger partial charge is 0.461 e. The van der Waals surface area contributed by atoms with E-state index in [0.29, 0.717) is 24.7 Å². The van der Waals surface area contributed by atoms with Crippen LogP contribution in [0.2, 0.25) is 0 Å². The first-order valence-electron chi connectivity index (χ1n) is 8.36. The first kappa shape index (κ1) is 19.6. The Bertz CT molecular complexity index is 686. The average Bonchev–Trinajstić information content (AvgIpc) is 2.84. The van der Waals surface area contributed by atoms with E-state index in [1.54, 1.807) is 6.08 Å². The highest BCUT2D eigenvalue weighted by atomic mass is 16.6. The summed E-state index contributed by atoms with van der Waals surface area (Å²) in [5.74, 6) is -2.13. The van der Waals surface area contributed by atoms with E-state index in [0.717, 1.165) is 5.57 Å². The molecule has 0 aromatic rings. The van der Waals surface area contributed by atoms with E-state index >= 15 is 0 Å². The quantitative estimate of drug-likeness (QED) is 0.247. The maximum Gasteiger partial charge on any atom is 0.334 e. The monoisotopic (exact) mass is 362 g/mol. The fourth-order valence-electron chi connectivity index (χ4n) is 3.13. The van der Waals surface area contributed by atoms with Gasteiger partial charge in [-0.2, -0.15) is 0 Å². The Labute approximate surface area is 151 Å². The highest BCUT2D eigenvalue weighted by Crippen LogP contribution is 2.36. The Hall–Kier alpha value is -2.70. The van der Waals surface area contributed by atoms with Crippen molar-refractivity contribution in [2.75, 3.05) is 6.61 Å². The van der Waals surface area contributed by atoms with Gasteiger partial charge in [0.05, 0.1) is 5.92 Å². The molecule has 0 unspecified atom stereocenters. The van der Waals surface area contributed by atoms with Gasteiger partial charge in [0.25, 0.3) is 0 Å². The number of allylic oxidation sites excluding steroid dienone is 2. The van der Waals surface area contributed by atoms with Crippen LogP contribution in [0.15, 0.2) is 35.5 Å². The molecule has 7 nitrogen and oxygen atoms in total. The van der Waals surface area contributed by atoms with Gasteiger partial charge >= 0.3 is 17.9 Å². The van der Waals surface area contributed by atoms with E-state index in [4.69, 9.17) is 14.2 Å². The number of fused-ring (bicyclic) bond motifs is 1. The number of ether oxygens (including phenoxy) is 3. The molecule has 140 valence electrons. The van der Waals surface area contributed by atoms with Crippen molar-refractivity contribution in [3.8, 4) is 0 Å². The fraction of sp³-hybridized carbons (Fsp3) is 0.474. The molecule has 0 bridgehead atoms. The fourth-order valence-corrected chi connectivity index (χ4v) is 3.13. The molecule has 0 aromatic carbocycles. The minimum atomic E-state index is -0.729. The van der Waals surface area contributed by atoms with E-state index in [-0.39, 0.29) is 18.6 Å². The van der Waals surface area contributed by atoms with Crippen molar-refractivity contribution >= 4 is 24.2 Å². The summed E-state index contributed by atoms with van der Waals surface area (Å²) in [7, 11) is 0. The number of esters is 3. The highest BCUT2D eigenvalue weighted by Gasteiger charge is 2.44. The van der Waals surface area contributed by atoms with Crippen molar-refractivity contribution in [1.82, 2.24) is 0 Å². The van der Waals surface area contributed by atoms with E-state index in [1.165, 1.54) is 13.8 Å². The van der Waals surface area contributed by atoms with E-state index in [2.05, 4.69) is 6.58 Å². The van der Waals surface area contributed by atoms with E-state index in [1.807, 2.05) is 6.08 Å². The molecule has 1 aliphatic heterocycles. The topological polar surface area (TPSA) is 96.0 Å². The van der Waals surface area contributed by atoms with Crippen molar-refractivity contribution in [3.63, 3.8) is 0 Å². The summed E-state index contributed by atoms with van der Waals surface area (Å²) in [6, 6.07) is 0. The lowest BCUT2D eigenvalue weighted by molar-refractivity contribution is -0.150. The van der Waals surface area contributed by atoms with Crippen LogP contribution in [0.4, 0.5) is 0 Å². The second-order valence-electron chi connectivity index (χ2n) is 6.31. The molecule has 3 atom stereocenters. The van der Waals surface area contributed by atoms with Crippen LogP contribution in [0.1, 0.15) is 33.1 Å². The number of hydrogen-bond acceptors (Lipinski definition) is 7. The number of carbonyl (C=O) groups excluding carboxylic acids is 4. The Morgan fingerprint density at radius 1 is 1.35 bits per heavy atom. The molecule has 0 N–H and O–H groups in total. The third-order valence-corrected chi connectivity index (χ3v) is 4.30. The predicted molar refractivity (Wildman–Crippen MR) is 90.8 cm³/mol. The molecule has 0 amide bonds. The smallest absolute Gasteiger partial charge is 0.334 e. The summed E-state index contributed by atoms with van der Waals surface area (Å²) in [5, 5.41) is 0. The summed E-state index contributed by atoms with van der Waals surface area (Å²) >= 11 is 0. The molecule has 1 fully saturated rings. The summed E-state index contributed by atoms with van der Waals surface area (Å²) in [6.45, 7) is 6.39. The molecule has 0 spiro atoms. The zero-order valence-electron chi connectivity index (χ0n) is 14.9. The van der Waals surface area contributed by atoms with Gasteiger partial charge in [-0.15, -0.1) is 0 Å². The van der Waals surface area contributed by atoms with Crippen LogP contribution in [0.3, 0.4) is 0 Å². The molecule has 1 aliphatic carbocycles. The summed E-state index contributed by atoms with van der Waals surface area (Å²) in [4.78, 5) is 46.0. The Morgan fingerprint density at radius 2 is 2.08 bits per heavy atom. The summed E-state index contributed by atoms with van der Waals surface area (Å²) in [6.07, 6.45) is 3.99. The molecule has 0 aromatic heterocycles. The van der Waals surface area contributed by atoms with Crippen molar-refractivity contribution in [2.24, 2.45) is 5.92 Å². The molecule has 1 heterocycles. The molecule has 2 aliphatic rings. The van der Waals surface area contributed by atoms with E-state index in [9.17, 15) is 19.2 Å². The van der Waals surface area contributed by atoms with Crippen LogP contribution in [0.5, 0.6) is 0 Å². The SMILES string of the molecule is C=C1C(=O)O[C@@H]2/C=C(/C=O)CC/C=C(\COC(C)=O)C[C@H](OC(C)=O)[C@@H]12. The van der Waals surface area contributed by atoms with Gasteiger partial charge in [0.15, 0.2) is 0 Å². The molecule has 0 radical (unpaired) electrons. The van der Waals surface area contributed by atoms with Crippen LogP contribution in [-0.2, 0) is 33.4 Å².